The maximum atomic E-state index is 5.56. The first-order valence-electron chi connectivity index (χ1n) is 6.96. The van der Waals surface area contributed by atoms with Crippen LogP contribution in [0.15, 0.2) is 18.2 Å². The molecule has 1 heterocycles. The number of hydrogen-bond acceptors (Lipinski definition) is 4. The monoisotopic (exact) mass is 301 g/mol. The van der Waals surface area contributed by atoms with Gasteiger partial charge in [0.15, 0.2) is 11.5 Å². The Bertz CT molecular complexity index is 399. The Kier molecular flexibility index (Phi) is 7.73. The summed E-state index contributed by atoms with van der Waals surface area (Å²) in [6, 6.07) is 6.10. The van der Waals surface area contributed by atoms with Crippen molar-refractivity contribution in [2.75, 3.05) is 26.4 Å². The van der Waals surface area contributed by atoms with E-state index >= 15 is 0 Å². The van der Waals surface area contributed by atoms with Crippen LogP contribution in [0.3, 0.4) is 0 Å². The van der Waals surface area contributed by atoms with Crippen LogP contribution in [0.4, 0.5) is 0 Å². The zero-order valence-electron chi connectivity index (χ0n) is 12.2. The van der Waals surface area contributed by atoms with E-state index in [-0.39, 0.29) is 12.4 Å². The Morgan fingerprint density at radius 1 is 1.20 bits per heavy atom. The van der Waals surface area contributed by atoms with Crippen LogP contribution in [-0.4, -0.2) is 32.5 Å². The molecule has 0 saturated heterocycles. The summed E-state index contributed by atoms with van der Waals surface area (Å²) in [5.41, 5.74) is 1.22. The van der Waals surface area contributed by atoms with Gasteiger partial charge in [-0.2, -0.15) is 0 Å². The molecule has 0 unspecified atom stereocenters. The maximum absolute atomic E-state index is 5.56. The van der Waals surface area contributed by atoms with Crippen molar-refractivity contribution in [1.82, 2.24) is 5.32 Å². The molecule has 1 N–H and O–H groups in total. The minimum atomic E-state index is 0. The van der Waals surface area contributed by atoms with Gasteiger partial charge in [0.2, 0.25) is 0 Å². The molecule has 5 heteroatoms. The highest BCUT2D eigenvalue weighted by atomic mass is 35.5. The van der Waals surface area contributed by atoms with Gasteiger partial charge in [0.25, 0.3) is 0 Å². The van der Waals surface area contributed by atoms with Crippen molar-refractivity contribution in [2.24, 2.45) is 0 Å². The first-order valence-corrected chi connectivity index (χ1v) is 6.96. The fraction of sp³-hybridized carbons (Fsp3) is 0.600. The summed E-state index contributed by atoms with van der Waals surface area (Å²) < 4.78 is 16.6. The third-order valence-corrected chi connectivity index (χ3v) is 2.88. The summed E-state index contributed by atoms with van der Waals surface area (Å²) >= 11 is 0. The second-order valence-electron chi connectivity index (χ2n) is 4.93. The average Bonchev–Trinajstić information content (AvgIpc) is 2.42. The molecule has 2 rings (SSSR count). The number of benzene rings is 1. The Balaban J connectivity index is 0.00000200. The van der Waals surface area contributed by atoms with E-state index < -0.39 is 0 Å². The van der Waals surface area contributed by atoms with Crippen LogP contribution in [-0.2, 0) is 11.3 Å². The van der Waals surface area contributed by atoms with Gasteiger partial charge in [-0.05, 0) is 44.5 Å². The SMILES string of the molecule is CC(C)OCCCNCc1ccc2c(c1)OCCO2.Cl. The highest BCUT2D eigenvalue weighted by Gasteiger charge is 2.11. The molecule has 1 aliphatic heterocycles. The van der Waals surface area contributed by atoms with Gasteiger partial charge < -0.3 is 19.5 Å². The van der Waals surface area contributed by atoms with Crippen LogP contribution in [0.25, 0.3) is 0 Å². The van der Waals surface area contributed by atoms with Crippen molar-refractivity contribution in [2.45, 2.75) is 32.9 Å². The number of hydrogen-bond donors (Lipinski definition) is 1. The smallest absolute Gasteiger partial charge is 0.161 e. The molecule has 0 fully saturated rings. The van der Waals surface area contributed by atoms with Crippen molar-refractivity contribution in [3.8, 4) is 11.5 Å². The van der Waals surface area contributed by atoms with Crippen molar-refractivity contribution in [1.29, 1.82) is 0 Å². The topological polar surface area (TPSA) is 39.7 Å². The van der Waals surface area contributed by atoms with E-state index in [2.05, 4.69) is 25.2 Å². The van der Waals surface area contributed by atoms with E-state index in [9.17, 15) is 0 Å². The van der Waals surface area contributed by atoms with Gasteiger partial charge in [0.1, 0.15) is 13.2 Å². The van der Waals surface area contributed by atoms with Gasteiger partial charge in [0, 0.05) is 13.2 Å². The molecule has 4 nitrogen and oxygen atoms in total. The van der Waals surface area contributed by atoms with E-state index in [0.717, 1.165) is 37.6 Å². The first-order chi connectivity index (χ1) is 9.25. The molecule has 0 atom stereocenters. The molecule has 0 radical (unpaired) electrons. The lowest BCUT2D eigenvalue weighted by Gasteiger charge is -2.19. The Hall–Kier alpha value is -0.970. The van der Waals surface area contributed by atoms with Crippen LogP contribution >= 0.6 is 12.4 Å². The van der Waals surface area contributed by atoms with Crippen molar-refractivity contribution < 1.29 is 14.2 Å². The highest BCUT2D eigenvalue weighted by Crippen LogP contribution is 2.30. The molecular formula is C15H24ClNO3. The maximum Gasteiger partial charge on any atom is 0.161 e. The van der Waals surface area contributed by atoms with Crippen molar-refractivity contribution in [3.63, 3.8) is 0 Å². The average molecular weight is 302 g/mol. The van der Waals surface area contributed by atoms with Gasteiger partial charge in [-0.1, -0.05) is 6.07 Å². The van der Waals surface area contributed by atoms with Gasteiger partial charge in [-0.3, -0.25) is 0 Å². The van der Waals surface area contributed by atoms with Crippen molar-refractivity contribution >= 4 is 12.4 Å². The number of rotatable bonds is 7. The predicted octanol–water partition coefficient (Wildman–Crippen LogP) is 2.78. The lowest BCUT2D eigenvalue weighted by atomic mass is 10.2. The molecule has 0 bridgehead atoms. The number of halogens is 1. The van der Waals surface area contributed by atoms with Crippen LogP contribution in [0.2, 0.25) is 0 Å². The molecular weight excluding hydrogens is 278 g/mol. The van der Waals surface area contributed by atoms with E-state index in [1.807, 2.05) is 12.1 Å². The van der Waals surface area contributed by atoms with E-state index in [1.54, 1.807) is 0 Å². The number of fused-ring (bicyclic) bond motifs is 1. The molecule has 0 spiro atoms. The van der Waals surface area contributed by atoms with Crippen LogP contribution in [0, 0.1) is 0 Å². The molecule has 1 aliphatic rings. The van der Waals surface area contributed by atoms with Crippen molar-refractivity contribution in [3.05, 3.63) is 23.8 Å². The highest BCUT2D eigenvalue weighted by molar-refractivity contribution is 5.85. The number of nitrogens with one attached hydrogen (secondary N) is 1. The summed E-state index contributed by atoms with van der Waals surface area (Å²) in [4.78, 5) is 0. The molecule has 20 heavy (non-hydrogen) atoms. The summed E-state index contributed by atoms with van der Waals surface area (Å²) in [6.07, 6.45) is 1.35. The standard InChI is InChI=1S/C15H23NO3.ClH/c1-12(2)17-7-3-6-16-11-13-4-5-14-15(10-13)19-9-8-18-14;/h4-5,10,12,16H,3,6-9,11H2,1-2H3;1H. The first kappa shape index (κ1) is 17.1. The normalized spacial score (nSPS) is 13.2. The minimum absolute atomic E-state index is 0. The number of ether oxygens (including phenoxy) is 3. The van der Waals surface area contributed by atoms with Crippen LogP contribution in [0.1, 0.15) is 25.8 Å². The fourth-order valence-electron chi connectivity index (χ4n) is 1.95. The third-order valence-electron chi connectivity index (χ3n) is 2.88. The lowest BCUT2D eigenvalue weighted by molar-refractivity contribution is 0.0770. The van der Waals surface area contributed by atoms with Gasteiger partial charge in [-0.15, -0.1) is 12.4 Å². The molecule has 0 aliphatic carbocycles. The fourth-order valence-corrected chi connectivity index (χ4v) is 1.95. The second kappa shape index (κ2) is 9.06. The van der Waals surface area contributed by atoms with E-state index in [0.29, 0.717) is 19.3 Å². The van der Waals surface area contributed by atoms with E-state index in [4.69, 9.17) is 14.2 Å². The summed E-state index contributed by atoms with van der Waals surface area (Å²) in [5, 5.41) is 3.41. The van der Waals surface area contributed by atoms with Gasteiger partial charge in [0.05, 0.1) is 6.10 Å². The lowest BCUT2D eigenvalue weighted by Crippen LogP contribution is -2.18. The van der Waals surface area contributed by atoms with E-state index in [1.165, 1.54) is 5.56 Å². The van der Waals surface area contributed by atoms with Gasteiger partial charge >= 0.3 is 0 Å². The molecule has 1 aromatic carbocycles. The Labute approximate surface area is 127 Å². The minimum Gasteiger partial charge on any atom is -0.486 e. The van der Waals surface area contributed by atoms with Crippen LogP contribution < -0.4 is 14.8 Å². The molecule has 114 valence electrons. The third kappa shape index (κ3) is 5.57. The zero-order valence-corrected chi connectivity index (χ0v) is 13.0. The molecule has 0 saturated carbocycles. The Morgan fingerprint density at radius 3 is 2.70 bits per heavy atom. The summed E-state index contributed by atoms with van der Waals surface area (Å²) in [5.74, 6) is 1.70. The Morgan fingerprint density at radius 2 is 1.95 bits per heavy atom. The van der Waals surface area contributed by atoms with Crippen LogP contribution in [0.5, 0.6) is 11.5 Å². The molecule has 0 aromatic heterocycles. The predicted molar refractivity (Wildman–Crippen MR) is 82.1 cm³/mol. The summed E-state index contributed by atoms with van der Waals surface area (Å²) in [6.45, 7) is 8.01. The van der Waals surface area contributed by atoms with Gasteiger partial charge in [-0.25, -0.2) is 0 Å². The second-order valence-corrected chi connectivity index (χ2v) is 4.93. The molecule has 0 amide bonds. The largest absolute Gasteiger partial charge is 0.486 e. The zero-order chi connectivity index (χ0) is 13.5. The summed E-state index contributed by atoms with van der Waals surface area (Å²) in [7, 11) is 0. The quantitative estimate of drug-likeness (QED) is 0.786. The molecule has 1 aromatic rings.